The van der Waals surface area contributed by atoms with Crippen molar-refractivity contribution in [3.05, 3.63) is 41.5 Å². The van der Waals surface area contributed by atoms with Crippen LogP contribution >= 0.6 is 0 Å². The first-order chi connectivity index (χ1) is 14.9. The maximum absolute atomic E-state index is 13.0. The smallest absolute Gasteiger partial charge is 0.338 e. The Bertz CT molecular complexity index is 890. The molecule has 1 fully saturated rings. The lowest BCUT2D eigenvalue weighted by Gasteiger charge is -2.45. The summed E-state index contributed by atoms with van der Waals surface area (Å²) in [4.78, 5) is 24.9. The number of benzene rings is 1. The summed E-state index contributed by atoms with van der Waals surface area (Å²) >= 11 is 0. The van der Waals surface area contributed by atoms with E-state index < -0.39 is 47.2 Å². The minimum absolute atomic E-state index is 0.159. The Hall–Kier alpha value is -2.38. The van der Waals surface area contributed by atoms with Gasteiger partial charge in [0, 0.05) is 31.1 Å². The molecule has 0 radical (unpaired) electrons. The topological polar surface area (TPSA) is 102 Å². The Kier molecular flexibility index (Phi) is 6.72. The molecule has 0 aliphatic heterocycles. The van der Waals surface area contributed by atoms with E-state index in [-0.39, 0.29) is 12.3 Å². The van der Waals surface area contributed by atoms with Crippen LogP contribution in [-0.2, 0) is 14.3 Å². The Balaban J connectivity index is 2.03. The fourth-order valence-corrected chi connectivity index (χ4v) is 5.44. The van der Waals surface area contributed by atoms with Gasteiger partial charge in [-0.25, -0.2) is 4.79 Å². The van der Waals surface area contributed by atoms with E-state index in [2.05, 4.69) is 0 Å². The third-order valence-corrected chi connectivity index (χ3v) is 7.28. The first-order valence-corrected chi connectivity index (χ1v) is 11.0. The van der Waals surface area contributed by atoms with Gasteiger partial charge in [-0.15, -0.1) is 0 Å². The molecule has 2 aliphatic rings. The first-order valence-electron chi connectivity index (χ1n) is 11.0. The van der Waals surface area contributed by atoms with Gasteiger partial charge in [0.25, 0.3) is 0 Å². The van der Waals surface area contributed by atoms with Crippen LogP contribution in [0.3, 0.4) is 0 Å². The highest BCUT2D eigenvalue weighted by molar-refractivity contribution is 5.89. The molecule has 6 atom stereocenters. The molecule has 7 heteroatoms. The molecular weight excluding hydrogens is 412 g/mol. The second-order valence-corrected chi connectivity index (χ2v) is 9.63. The summed E-state index contributed by atoms with van der Waals surface area (Å²) in [6.07, 6.45) is -0.175. The van der Waals surface area contributed by atoms with Gasteiger partial charge in [-0.2, -0.15) is 0 Å². The van der Waals surface area contributed by atoms with E-state index in [1.165, 1.54) is 6.92 Å². The van der Waals surface area contributed by atoms with Crippen LogP contribution in [-0.4, -0.2) is 53.2 Å². The largest absolute Gasteiger partial charge is 0.497 e. The molecule has 2 N–H and O–H groups in total. The molecule has 0 heterocycles. The molecule has 32 heavy (non-hydrogen) atoms. The molecule has 0 bridgehead atoms. The molecule has 0 amide bonds. The number of esters is 2. The number of ether oxygens (including phenoxy) is 3. The van der Waals surface area contributed by atoms with Crippen molar-refractivity contribution in [1.82, 2.24) is 0 Å². The number of aliphatic hydroxyl groups is 2. The van der Waals surface area contributed by atoms with Crippen LogP contribution < -0.4 is 4.74 Å². The molecular formula is C25H34O7. The highest BCUT2D eigenvalue weighted by atomic mass is 16.6. The van der Waals surface area contributed by atoms with Gasteiger partial charge in [-0.3, -0.25) is 4.79 Å². The average molecular weight is 447 g/mol. The molecule has 7 nitrogen and oxygen atoms in total. The minimum Gasteiger partial charge on any atom is -0.497 e. The maximum Gasteiger partial charge on any atom is 0.338 e. The van der Waals surface area contributed by atoms with E-state index in [1.54, 1.807) is 44.4 Å². The van der Waals surface area contributed by atoms with Crippen LogP contribution in [0.4, 0.5) is 0 Å². The van der Waals surface area contributed by atoms with Crippen molar-refractivity contribution in [2.75, 3.05) is 7.11 Å². The van der Waals surface area contributed by atoms with Gasteiger partial charge >= 0.3 is 11.9 Å². The summed E-state index contributed by atoms with van der Waals surface area (Å²) < 4.78 is 16.8. The summed E-state index contributed by atoms with van der Waals surface area (Å²) in [5, 5.41) is 23.0. The number of hydrogen-bond donors (Lipinski definition) is 2. The van der Waals surface area contributed by atoms with E-state index in [0.717, 1.165) is 5.57 Å². The number of methoxy groups -OCH3 is 1. The number of fused-ring (bicyclic) bond motifs is 1. The lowest BCUT2D eigenvalue weighted by atomic mass is 9.66. The lowest BCUT2D eigenvalue weighted by molar-refractivity contribution is -0.161. The normalized spacial score (nSPS) is 34.3. The number of aliphatic hydroxyl groups excluding tert-OH is 1. The monoisotopic (exact) mass is 446 g/mol. The van der Waals surface area contributed by atoms with Crippen molar-refractivity contribution in [1.29, 1.82) is 0 Å². The molecule has 2 aliphatic carbocycles. The Morgan fingerprint density at radius 2 is 1.78 bits per heavy atom. The Morgan fingerprint density at radius 1 is 1.16 bits per heavy atom. The zero-order chi connectivity index (χ0) is 23.8. The Morgan fingerprint density at radius 3 is 2.31 bits per heavy atom. The SMILES string of the molecule is COc1ccc(C(=O)O[C@H]2CC(C)=C[C@H](O)[C@@]3(C)[C@@H](OC(C)=O)C[C@@](O)(C(C)C)[C@H]23)cc1. The van der Waals surface area contributed by atoms with E-state index in [0.29, 0.717) is 17.7 Å². The van der Waals surface area contributed by atoms with Gasteiger partial charge in [-0.1, -0.05) is 32.4 Å². The van der Waals surface area contributed by atoms with E-state index in [4.69, 9.17) is 14.2 Å². The second-order valence-electron chi connectivity index (χ2n) is 9.63. The van der Waals surface area contributed by atoms with Crippen LogP contribution in [0.15, 0.2) is 35.9 Å². The van der Waals surface area contributed by atoms with Crippen LogP contribution in [0, 0.1) is 17.3 Å². The number of carbonyl (C=O) groups excluding carboxylic acids is 2. The highest BCUT2D eigenvalue weighted by Crippen LogP contribution is 2.59. The van der Waals surface area contributed by atoms with Crippen molar-refractivity contribution in [3.8, 4) is 5.75 Å². The molecule has 1 saturated carbocycles. The summed E-state index contributed by atoms with van der Waals surface area (Å²) in [7, 11) is 1.55. The zero-order valence-corrected chi connectivity index (χ0v) is 19.6. The summed E-state index contributed by atoms with van der Waals surface area (Å²) in [5.41, 5.74) is -1.14. The summed E-state index contributed by atoms with van der Waals surface area (Å²) in [6.45, 7) is 8.75. The standard InChI is InChI=1S/C25H34O7/c1-14(2)25(29)13-21(31-16(4)26)24(5)20(27)12-15(3)11-19(22(24)25)32-23(28)17-7-9-18(30-6)10-8-17/h7-10,12,14,19-22,27,29H,11,13H2,1-6H3/t19-,20-,21-,22+,24-,25+/m0/s1. The average Bonchev–Trinajstić information content (AvgIpc) is 2.89. The quantitative estimate of drug-likeness (QED) is 0.529. The van der Waals surface area contributed by atoms with E-state index in [1.807, 2.05) is 20.8 Å². The number of carbonyl (C=O) groups is 2. The fraction of sp³-hybridized carbons (Fsp3) is 0.600. The number of hydrogen-bond acceptors (Lipinski definition) is 7. The number of rotatable bonds is 5. The fourth-order valence-electron chi connectivity index (χ4n) is 5.44. The molecule has 3 rings (SSSR count). The lowest BCUT2D eigenvalue weighted by Crippen LogP contribution is -2.54. The van der Waals surface area contributed by atoms with Crippen LogP contribution in [0.5, 0.6) is 5.75 Å². The van der Waals surface area contributed by atoms with Crippen molar-refractivity contribution < 1.29 is 34.0 Å². The summed E-state index contributed by atoms with van der Waals surface area (Å²) in [6, 6.07) is 6.61. The van der Waals surface area contributed by atoms with Crippen molar-refractivity contribution in [3.63, 3.8) is 0 Å². The maximum atomic E-state index is 13.0. The van der Waals surface area contributed by atoms with Gasteiger partial charge in [0.2, 0.25) is 0 Å². The van der Waals surface area contributed by atoms with Crippen molar-refractivity contribution >= 4 is 11.9 Å². The van der Waals surface area contributed by atoms with Gasteiger partial charge in [-0.05, 0) is 37.1 Å². The molecule has 0 unspecified atom stereocenters. The van der Waals surface area contributed by atoms with Gasteiger partial charge in [0.1, 0.15) is 18.0 Å². The van der Waals surface area contributed by atoms with Crippen LogP contribution in [0.1, 0.15) is 57.8 Å². The Labute approximate surface area is 189 Å². The molecule has 176 valence electrons. The molecule has 1 aromatic rings. The molecule has 0 saturated heterocycles. The van der Waals surface area contributed by atoms with Crippen LogP contribution in [0.25, 0.3) is 0 Å². The molecule has 0 aromatic heterocycles. The van der Waals surface area contributed by atoms with Crippen molar-refractivity contribution in [2.24, 2.45) is 17.3 Å². The second kappa shape index (κ2) is 8.87. The molecule has 0 spiro atoms. The third kappa shape index (κ3) is 4.16. The predicted octanol–water partition coefficient (Wildman–Crippen LogP) is 3.28. The van der Waals surface area contributed by atoms with E-state index in [9.17, 15) is 19.8 Å². The summed E-state index contributed by atoms with van der Waals surface area (Å²) in [5.74, 6) is -1.25. The zero-order valence-electron chi connectivity index (χ0n) is 19.6. The minimum atomic E-state index is -1.31. The molecule has 1 aromatic carbocycles. The highest BCUT2D eigenvalue weighted by Gasteiger charge is 2.67. The van der Waals surface area contributed by atoms with Crippen molar-refractivity contribution in [2.45, 2.75) is 71.4 Å². The third-order valence-electron chi connectivity index (χ3n) is 7.28. The predicted molar refractivity (Wildman–Crippen MR) is 118 cm³/mol. The first kappa shape index (κ1) is 24.3. The van der Waals surface area contributed by atoms with E-state index >= 15 is 0 Å². The van der Waals surface area contributed by atoms with Gasteiger partial charge in [0.15, 0.2) is 0 Å². The van der Waals surface area contributed by atoms with Gasteiger partial charge in [0.05, 0.1) is 24.4 Å². The van der Waals surface area contributed by atoms with Gasteiger partial charge < -0.3 is 24.4 Å². The van der Waals surface area contributed by atoms with Crippen LogP contribution in [0.2, 0.25) is 0 Å².